The van der Waals surface area contributed by atoms with Crippen LogP contribution in [0.5, 0.6) is 0 Å². The summed E-state index contributed by atoms with van der Waals surface area (Å²) in [6, 6.07) is -0.426. The summed E-state index contributed by atoms with van der Waals surface area (Å²) in [5.74, 6) is 0. The standard InChI is InChI=1S/C3H7NO2.Li.H/c1-3(2)4(5)6;;/h3H,1-2H3;;. The number of nitrogens with zero attached hydrogens (tertiary/aromatic N) is 1. The molecule has 0 N–H and O–H groups in total. The molecule has 0 aromatic heterocycles. The van der Waals surface area contributed by atoms with E-state index < -0.39 is 6.04 Å². The summed E-state index contributed by atoms with van der Waals surface area (Å²) in [6.45, 7) is 3.08. The maximum absolute atomic E-state index is 9.50. The summed E-state index contributed by atoms with van der Waals surface area (Å²) in [4.78, 5) is 9.17. The molecule has 0 radical (unpaired) electrons. The van der Waals surface area contributed by atoms with Crippen LogP contribution in [0.1, 0.15) is 13.8 Å². The molecule has 4 heteroatoms. The molecule has 0 spiro atoms. The van der Waals surface area contributed by atoms with Gasteiger partial charge in [0.15, 0.2) is 0 Å². The molecule has 0 aliphatic heterocycles. The van der Waals surface area contributed by atoms with Gasteiger partial charge in [-0.1, -0.05) is 0 Å². The molecule has 0 atom stereocenters. The Kier molecular flexibility index (Phi) is 6.00. The van der Waals surface area contributed by atoms with Crippen molar-refractivity contribution in [3.8, 4) is 0 Å². The van der Waals surface area contributed by atoms with Crippen molar-refractivity contribution < 1.29 is 4.92 Å². The van der Waals surface area contributed by atoms with Crippen LogP contribution >= 0.6 is 0 Å². The Morgan fingerprint density at radius 2 is 1.71 bits per heavy atom. The SMILES string of the molecule is CC(C)[N+](=O)[O-].[LiH]. The van der Waals surface area contributed by atoms with Crippen molar-refractivity contribution in [1.82, 2.24) is 0 Å². The number of hydrogen-bond acceptors (Lipinski definition) is 2. The normalized spacial score (nSPS) is 7.86. The van der Waals surface area contributed by atoms with Crippen molar-refractivity contribution in [2.45, 2.75) is 19.9 Å². The van der Waals surface area contributed by atoms with Gasteiger partial charge in [0.05, 0.1) is 0 Å². The minimum absolute atomic E-state index is 0. The second-order valence-corrected chi connectivity index (χ2v) is 1.38. The van der Waals surface area contributed by atoms with E-state index in [1.54, 1.807) is 13.8 Å². The van der Waals surface area contributed by atoms with Gasteiger partial charge in [-0.25, -0.2) is 0 Å². The fraction of sp³-hybridized carbons (Fsp3) is 1.00. The molecule has 0 unspecified atom stereocenters. The van der Waals surface area contributed by atoms with Crippen molar-refractivity contribution in [3.05, 3.63) is 10.1 Å². The van der Waals surface area contributed by atoms with Crippen LogP contribution in [0.4, 0.5) is 0 Å². The van der Waals surface area contributed by atoms with E-state index in [9.17, 15) is 10.1 Å². The molecule has 7 heavy (non-hydrogen) atoms. The summed E-state index contributed by atoms with van der Waals surface area (Å²) in [7, 11) is 0. The molecule has 0 amide bonds. The Morgan fingerprint density at radius 1 is 1.57 bits per heavy atom. The van der Waals surface area contributed by atoms with Crippen molar-refractivity contribution in [3.63, 3.8) is 0 Å². The number of hydrogen-bond donors (Lipinski definition) is 0. The Labute approximate surface area is 54.4 Å². The molecule has 0 aliphatic carbocycles. The fourth-order valence-corrected chi connectivity index (χ4v) is 0. The molecule has 0 rings (SSSR count). The van der Waals surface area contributed by atoms with Gasteiger partial charge < -0.3 is 0 Å². The van der Waals surface area contributed by atoms with Gasteiger partial charge >= 0.3 is 18.9 Å². The predicted octanol–water partition coefficient (Wildman–Crippen LogP) is 0.0230. The first-order chi connectivity index (χ1) is 2.64. The molecule has 0 saturated carbocycles. The zero-order chi connectivity index (χ0) is 5.15. The van der Waals surface area contributed by atoms with Crippen LogP contribution in [-0.2, 0) is 0 Å². The third-order valence-electron chi connectivity index (χ3n) is 0.422. The average Bonchev–Trinajstić information content (AvgIpc) is 1.36. The molecule has 0 fully saturated rings. The van der Waals surface area contributed by atoms with E-state index >= 15 is 0 Å². The second kappa shape index (κ2) is 4.16. The first-order valence-corrected chi connectivity index (χ1v) is 1.78. The summed E-state index contributed by atoms with van der Waals surface area (Å²) in [6.07, 6.45) is 0. The maximum atomic E-state index is 9.50. The van der Waals surface area contributed by atoms with Gasteiger partial charge in [-0.05, 0) is 0 Å². The molecule has 0 saturated heterocycles. The van der Waals surface area contributed by atoms with Crippen LogP contribution < -0.4 is 0 Å². The van der Waals surface area contributed by atoms with E-state index in [4.69, 9.17) is 0 Å². The topological polar surface area (TPSA) is 43.1 Å². The van der Waals surface area contributed by atoms with Crippen LogP contribution in [0.25, 0.3) is 0 Å². The van der Waals surface area contributed by atoms with Gasteiger partial charge in [-0.3, -0.25) is 10.1 Å². The van der Waals surface area contributed by atoms with Gasteiger partial charge in [-0.15, -0.1) is 0 Å². The zero-order valence-corrected chi connectivity index (χ0v) is 3.84. The zero-order valence-electron chi connectivity index (χ0n) is 3.84. The molecule has 0 heterocycles. The van der Waals surface area contributed by atoms with Gasteiger partial charge in [0.25, 0.3) is 0 Å². The van der Waals surface area contributed by atoms with Crippen LogP contribution in [0.2, 0.25) is 0 Å². The summed E-state index contributed by atoms with van der Waals surface area (Å²) in [5.41, 5.74) is 0. The van der Waals surface area contributed by atoms with E-state index in [1.165, 1.54) is 0 Å². The molecule has 0 aromatic carbocycles. The number of nitro groups is 1. The molecule has 0 aliphatic rings. The van der Waals surface area contributed by atoms with Crippen LogP contribution in [-0.4, -0.2) is 29.8 Å². The fourth-order valence-electron chi connectivity index (χ4n) is 0. The molecular formula is C3H8LiNO2. The van der Waals surface area contributed by atoms with Crippen molar-refractivity contribution in [2.24, 2.45) is 0 Å². The Morgan fingerprint density at radius 3 is 1.71 bits per heavy atom. The van der Waals surface area contributed by atoms with Crippen molar-refractivity contribution >= 4 is 18.9 Å². The van der Waals surface area contributed by atoms with Crippen molar-refractivity contribution in [1.29, 1.82) is 0 Å². The average molecular weight is 97.0 g/mol. The Bertz CT molecular complexity index is 64.0. The first kappa shape index (κ1) is 10.1. The molecule has 0 bridgehead atoms. The van der Waals surface area contributed by atoms with Gasteiger partial charge in [0.1, 0.15) is 0 Å². The second-order valence-electron chi connectivity index (χ2n) is 1.38. The molecule has 0 aromatic rings. The summed E-state index contributed by atoms with van der Waals surface area (Å²) >= 11 is 0. The third kappa shape index (κ3) is 6.00. The summed E-state index contributed by atoms with van der Waals surface area (Å²) < 4.78 is 0. The van der Waals surface area contributed by atoms with E-state index in [0.717, 1.165) is 0 Å². The quantitative estimate of drug-likeness (QED) is 0.263. The molecule has 38 valence electrons. The third-order valence-corrected chi connectivity index (χ3v) is 0.422. The summed E-state index contributed by atoms with van der Waals surface area (Å²) in [5, 5.41) is 9.50. The number of rotatable bonds is 1. The van der Waals surface area contributed by atoms with E-state index in [1.807, 2.05) is 0 Å². The molecular weight excluding hydrogens is 89.0 g/mol. The van der Waals surface area contributed by atoms with E-state index in [2.05, 4.69) is 0 Å². The van der Waals surface area contributed by atoms with Crippen LogP contribution in [0, 0.1) is 10.1 Å². The van der Waals surface area contributed by atoms with Crippen LogP contribution in [0.15, 0.2) is 0 Å². The van der Waals surface area contributed by atoms with Crippen LogP contribution in [0.3, 0.4) is 0 Å². The van der Waals surface area contributed by atoms with Gasteiger partial charge in [0.2, 0.25) is 6.04 Å². The van der Waals surface area contributed by atoms with Gasteiger partial charge in [0, 0.05) is 18.8 Å². The Hall–Kier alpha value is -0.00260. The van der Waals surface area contributed by atoms with E-state index in [0.29, 0.717) is 0 Å². The first-order valence-electron chi connectivity index (χ1n) is 1.78. The van der Waals surface area contributed by atoms with Gasteiger partial charge in [-0.2, -0.15) is 0 Å². The Balaban J connectivity index is 0. The minimum atomic E-state index is -0.426. The van der Waals surface area contributed by atoms with E-state index in [-0.39, 0.29) is 23.8 Å². The van der Waals surface area contributed by atoms with Crippen molar-refractivity contribution in [2.75, 3.05) is 0 Å². The predicted molar refractivity (Wildman–Crippen MR) is 29.3 cm³/mol. The molecule has 3 nitrogen and oxygen atoms in total. The monoisotopic (exact) mass is 97.1 g/mol.